The Hall–Kier alpha value is -0.220. The molecule has 0 aromatic heterocycles. The van der Waals surface area contributed by atoms with Crippen LogP contribution in [0.2, 0.25) is 0 Å². The van der Waals surface area contributed by atoms with E-state index in [-0.39, 0.29) is 18.8 Å². The molecule has 18 heavy (non-hydrogen) atoms. The maximum absolute atomic E-state index is 13.1. The second-order valence-electron chi connectivity index (χ2n) is 6.23. The Labute approximate surface area is 107 Å². The summed E-state index contributed by atoms with van der Waals surface area (Å²) in [5.74, 6) is -2.70. The summed E-state index contributed by atoms with van der Waals surface area (Å²) in [6, 6.07) is 0. The molecular weight excluding hydrogens is 238 g/mol. The number of hydrogen-bond donors (Lipinski definition) is 2. The van der Waals surface area contributed by atoms with E-state index in [0.717, 1.165) is 25.7 Å². The molecular formula is C14H24F2O2. The molecule has 0 aromatic carbocycles. The summed E-state index contributed by atoms with van der Waals surface area (Å²) < 4.78 is 26.2. The number of aliphatic hydroxyl groups excluding tert-OH is 1. The Morgan fingerprint density at radius 1 is 1.06 bits per heavy atom. The Balaban J connectivity index is 1.88. The fourth-order valence-electron chi connectivity index (χ4n) is 3.45. The lowest BCUT2D eigenvalue weighted by atomic mass is 9.83. The van der Waals surface area contributed by atoms with Crippen molar-refractivity contribution in [3.63, 3.8) is 0 Å². The van der Waals surface area contributed by atoms with Gasteiger partial charge in [0.05, 0.1) is 11.7 Å². The molecule has 2 fully saturated rings. The highest BCUT2D eigenvalue weighted by molar-refractivity contribution is 4.91. The predicted octanol–water partition coefficient (Wildman–Crippen LogP) is 3.26. The first kappa shape index (κ1) is 14.2. The second kappa shape index (κ2) is 5.41. The van der Waals surface area contributed by atoms with E-state index in [2.05, 4.69) is 0 Å². The SMILES string of the molecule is OC(CC1CCC(F)(F)C1)C1(O)CCCCCC1. The summed E-state index contributed by atoms with van der Waals surface area (Å²) >= 11 is 0. The van der Waals surface area contributed by atoms with Crippen LogP contribution in [0, 0.1) is 5.92 Å². The third-order valence-corrected chi connectivity index (χ3v) is 4.65. The minimum Gasteiger partial charge on any atom is -0.390 e. The Morgan fingerprint density at radius 2 is 1.67 bits per heavy atom. The molecule has 0 bridgehead atoms. The van der Waals surface area contributed by atoms with E-state index in [0.29, 0.717) is 25.7 Å². The number of alkyl halides is 2. The van der Waals surface area contributed by atoms with Crippen LogP contribution < -0.4 is 0 Å². The highest BCUT2D eigenvalue weighted by Crippen LogP contribution is 2.42. The summed E-state index contributed by atoms with van der Waals surface area (Å²) in [5.41, 5.74) is -1.03. The molecule has 2 nitrogen and oxygen atoms in total. The standard InChI is InChI=1S/C14H24F2O2/c15-14(16)8-5-11(10-14)9-12(17)13(18)6-3-1-2-4-7-13/h11-12,17-18H,1-10H2. The lowest BCUT2D eigenvalue weighted by Gasteiger charge is -2.33. The van der Waals surface area contributed by atoms with Crippen molar-refractivity contribution in [2.45, 2.75) is 81.8 Å². The van der Waals surface area contributed by atoms with Crippen molar-refractivity contribution in [3.8, 4) is 0 Å². The van der Waals surface area contributed by atoms with Crippen molar-refractivity contribution in [2.24, 2.45) is 5.92 Å². The smallest absolute Gasteiger partial charge is 0.248 e. The quantitative estimate of drug-likeness (QED) is 0.766. The van der Waals surface area contributed by atoms with Crippen molar-refractivity contribution in [3.05, 3.63) is 0 Å². The molecule has 0 aromatic rings. The molecule has 0 heterocycles. The molecule has 0 radical (unpaired) electrons. The lowest BCUT2D eigenvalue weighted by molar-refractivity contribution is -0.0943. The first-order valence-electron chi connectivity index (χ1n) is 7.20. The fourth-order valence-corrected chi connectivity index (χ4v) is 3.45. The van der Waals surface area contributed by atoms with Gasteiger partial charge in [-0.05, 0) is 31.6 Å². The van der Waals surface area contributed by atoms with E-state index in [1.165, 1.54) is 0 Å². The highest BCUT2D eigenvalue weighted by Gasteiger charge is 2.43. The van der Waals surface area contributed by atoms with Crippen LogP contribution in [0.3, 0.4) is 0 Å². The molecule has 106 valence electrons. The van der Waals surface area contributed by atoms with Gasteiger partial charge in [0.15, 0.2) is 0 Å². The molecule has 2 aliphatic rings. The predicted molar refractivity (Wildman–Crippen MR) is 65.6 cm³/mol. The zero-order valence-electron chi connectivity index (χ0n) is 10.9. The van der Waals surface area contributed by atoms with Crippen molar-refractivity contribution >= 4 is 0 Å². The zero-order valence-corrected chi connectivity index (χ0v) is 10.9. The van der Waals surface area contributed by atoms with Crippen LogP contribution in [0.25, 0.3) is 0 Å². The third-order valence-electron chi connectivity index (χ3n) is 4.65. The van der Waals surface area contributed by atoms with Crippen LogP contribution in [-0.4, -0.2) is 27.8 Å². The molecule has 2 rings (SSSR count). The summed E-state index contributed by atoms with van der Waals surface area (Å²) in [7, 11) is 0. The molecule has 0 amide bonds. The zero-order chi connectivity index (χ0) is 13.2. The van der Waals surface area contributed by atoms with Crippen molar-refractivity contribution in [1.82, 2.24) is 0 Å². The van der Waals surface area contributed by atoms with Gasteiger partial charge < -0.3 is 10.2 Å². The van der Waals surface area contributed by atoms with E-state index in [1.54, 1.807) is 0 Å². The van der Waals surface area contributed by atoms with Crippen molar-refractivity contribution < 1.29 is 19.0 Å². The van der Waals surface area contributed by atoms with Gasteiger partial charge >= 0.3 is 0 Å². The van der Waals surface area contributed by atoms with Gasteiger partial charge in [-0.15, -0.1) is 0 Å². The number of rotatable bonds is 3. The Bertz CT molecular complexity index is 273. The Morgan fingerprint density at radius 3 is 2.17 bits per heavy atom. The van der Waals surface area contributed by atoms with Gasteiger partial charge in [-0.1, -0.05) is 25.7 Å². The third kappa shape index (κ3) is 3.41. The lowest BCUT2D eigenvalue weighted by Crippen LogP contribution is -2.42. The monoisotopic (exact) mass is 262 g/mol. The molecule has 4 heteroatoms. The van der Waals surface area contributed by atoms with Crippen molar-refractivity contribution in [2.75, 3.05) is 0 Å². The average molecular weight is 262 g/mol. The molecule has 2 unspecified atom stereocenters. The van der Waals surface area contributed by atoms with Gasteiger partial charge in [-0.3, -0.25) is 0 Å². The Kier molecular flexibility index (Phi) is 4.27. The minimum atomic E-state index is -2.56. The van der Waals surface area contributed by atoms with Gasteiger partial charge in [0.25, 0.3) is 0 Å². The first-order chi connectivity index (χ1) is 8.41. The number of halogens is 2. The molecule has 2 N–H and O–H groups in total. The van der Waals surface area contributed by atoms with Crippen molar-refractivity contribution in [1.29, 1.82) is 0 Å². The maximum atomic E-state index is 13.1. The topological polar surface area (TPSA) is 40.5 Å². The summed E-state index contributed by atoms with van der Waals surface area (Å²) in [6.07, 6.45) is 5.02. The van der Waals surface area contributed by atoms with E-state index in [1.807, 2.05) is 0 Å². The summed E-state index contributed by atoms with van der Waals surface area (Å²) in [6.45, 7) is 0. The van der Waals surface area contributed by atoms with Crippen LogP contribution in [0.1, 0.15) is 64.2 Å². The van der Waals surface area contributed by atoms with Crippen LogP contribution >= 0.6 is 0 Å². The molecule has 0 aliphatic heterocycles. The van der Waals surface area contributed by atoms with E-state index >= 15 is 0 Å². The van der Waals surface area contributed by atoms with Gasteiger partial charge in [0.1, 0.15) is 0 Å². The van der Waals surface area contributed by atoms with Crippen LogP contribution in [-0.2, 0) is 0 Å². The van der Waals surface area contributed by atoms with E-state index < -0.39 is 17.6 Å². The van der Waals surface area contributed by atoms with Crippen LogP contribution in [0.4, 0.5) is 8.78 Å². The highest BCUT2D eigenvalue weighted by atomic mass is 19.3. The van der Waals surface area contributed by atoms with Gasteiger partial charge in [0.2, 0.25) is 5.92 Å². The fraction of sp³-hybridized carbons (Fsp3) is 1.00. The minimum absolute atomic E-state index is 0.0667. The molecule has 0 saturated heterocycles. The van der Waals surface area contributed by atoms with Crippen LogP contribution in [0.15, 0.2) is 0 Å². The molecule has 0 spiro atoms. The first-order valence-corrected chi connectivity index (χ1v) is 7.20. The summed E-state index contributed by atoms with van der Waals surface area (Å²) in [4.78, 5) is 0. The van der Waals surface area contributed by atoms with E-state index in [4.69, 9.17) is 0 Å². The summed E-state index contributed by atoms with van der Waals surface area (Å²) in [5, 5.41) is 20.7. The number of hydrogen-bond acceptors (Lipinski definition) is 2. The average Bonchev–Trinajstić information content (AvgIpc) is 2.51. The molecule has 2 aliphatic carbocycles. The van der Waals surface area contributed by atoms with Gasteiger partial charge in [-0.2, -0.15) is 0 Å². The largest absolute Gasteiger partial charge is 0.390 e. The van der Waals surface area contributed by atoms with Gasteiger partial charge in [0, 0.05) is 12.8 Å². The second-order valence-corrected chi connectivity index (χ2v) is 6.23. The maximum Gasteiger partial charge on any atom is 0.248 e. The van der Waals surface area contributed by atoms with E-state index in [9.17, 15) is 19.0 Å². The molecule has 2 saturated carbocycles. The van der Waals surface area contributed by atoms with Gasteiger partial charge in [-0.25, -0.2) is 8.78 Å². The normalized spacial score (nSPS) is 33.0. The van der Waals surface area contributed by atoms with Crippen LogP contribution in [0.5, 0.6) is 0 Å². The number of aliphatic hydroxyl groups is 2. The molecule has 2 atom stereocenters.